The standard InChI is InChI=1S/C14H20ClNO4/c1-16(9-11(17)10-19-2)14(18)7-8-20-13-6-4-3-5-12(13)15/h3-6,11,17H,7-10H2,1-2H3. The fraction of sp³-hybridized carbons (Fsp3) is 0.500. The molecule has 1 unspecified atom stereocenters. The van der Waals surface area contributed by atoms with Gasteiger partial charge in [-0.1, -0.05) is 23.7 Å². The highest BCUT2D eigenvalue weighted by atomic mass is 35.5. The van der Waals surface area contributed by atoms with Gasteiger partial charge in [-0.05, 0) is 12.1 Å². The molecule has 1 atom stereocenters. The van der Waals surface area contributed by atoms with E-state index in [2.05, 4.69) is 0 Å². The highest BCUT2D eigenvalue weighted by Gasteiger charge is 2.13. The summed E-state index contributed by atoms with van der Waals surface area (Å²) in [5.74, 6) is 0.455. The van der Waals surface area contributed by atoms with Crippen molar-refractivity contribution in [1.29, 1.82) is 0 Å². The van der Waals surface area contributed by atoms with Crippen LogP contribution < -0.4 is 4.74 Å². The van der Waals surface area contributed by atoms with Crippen molar-refractivity contribution in [3.05, 3.63) is 29.3 Å². The monoisotopic (exact) mass is 301 g/mol. The number of para-hydroxylation sites is 1. The lowest BCUT2D eigenvalue weighted by atomic mass is 10.3. The second-order valence-corrected chi connectivity index (χ2v) is 4.82. The number of carbonyl (C=O) groups excluding carboxylic acids is 1. The molecule has 1 amide bonds. The van der Waals surface area contributed by atoms with Crippen LogP contribution >= 0.6 is 11.6 Å². The van der Waals surface area contributed by atoms with Crippen LogP contribution in [0.25, 0.3) is 0 Å². The molecule has 0 aromatic heterocycles. The fourth-order valence-electron chi connectivity index (χ4n) is 1.66. The van der Waals surface area contributed by atoms with E-state index in [9.17, 15) is 9.90 Å². The summed E-state index contributed by atoms with van der Waals surface area (Å²) in [5.41, 5.74) is 0. The highest BCUT2D eigenvalue weighted by molar-refractivity contribution is 6.32. The quantitative estimate of drug-likeness (QED) is 0.792. The van der Waals surface area contributed by atoms with Gasteiger partial charge in [-0.3, -0.25) is 4.79 Å². The number of ether oxygens (including phenoxy) is 2. The molecule has 0 spiro atoms. The first-order chi connectivity index (χ1) is 9.54. The van der Waals surface area contributed by atoms with Crippen LogP contribution in [-0.4, -0.2) is 55.9 Å². The Morgan fingerprint density at radius 1 is 1.45 bits per heavy atom. The summed E-state index contributed by atoms with van der Waals surface area (Å²) < 4.78 is 10.3. The molecule has 0 saturated heterocycles. The molecular weight excluding hydrogens is 282 g/mol. The van der Waals surface area contributed by atoms with Gasteiger partial charge >= 0.3 is 0 Å². The number of aliphatic hydroxyl groups is 1. The minimum Gasteiger partial charge on any atom is -0.491 e. The normalized spacial score (nSPS) is 12.0. The van der Waals surface area contributed by atoms with Crippen LogP contribution in [0.15, 0.2) is 24.3 Å². The lowest BCUT2D eigenvalue weighted by Crippen LogP contribution is -2.36. The number of rotatable bonds is 8. The number of carbonyl (C=O) groups is 1. The van der Waals surface area contributed by atoms with E-state index in [1.165, 1.54) is 12.0 Å². The second kappa shape index (κ2) is 8.79. The van der Waals surface area contributed by atoms with Crippen LogP contribution in [0.2, 0.25) is 5.02 Å². The van der Waals surface area contributed by atoms with E-state index < -0.39 is 6.10 Å². The molecular formula is C14H20ClNO4. The Kier molecular flexibility index (Phi) is 7.36. The zero-order valence-corrected chi connectivity index (χ0v) is 12.5. The Bertz CT molecular complexity index is 427. The molecule has 0 aliphatic carbocycles. The fourth-order valence-corrected chi connectivity index (χ4v) is 1.85. The third kappa shape index (κ3) is 5.77. The number of likely N-dealkylation sites (N-methyl/N-ethyl adjacent to an activating group) is 1. The van der Waals surface area contributed by atoms with Crippen LogP contribution in [0.1, 0.15) is 6.42 Å². The van der Waals surface area contributed by atoms with Gasteiger partial charge in [0, 0.05) is 20.7 Å². The molecule has 0 aliphatic heterocycles. The van der Waals surface area contributed by atoms with Crippen molar-refractivity contribution in [2.24, 2.45) is 0 Å². The van der Waals surface area contributed by atoms with Crippen LogP contribution in [0, 0.1) is 0 Å². The summed E-state index contributed by atoms with van der Waals surface area (Å²) in [4.78, 5) is 13.3. The zero-order valence-electron chi connectivity index (χ0n) is 11.7. The van der Waals surface area contributed by atoms with Gasteiger partial charge in [0.25, 0.3) is 0 Å². The molecule has 0 saturated carbocycles. The van der Waals surface area contributed by atoms with E-state index >= 15 is 0 Å². The van der Waals surface area contributed by atoms with Crippen molar-refractivity contribution in [3.8, 4) is 5.75 Å². The van der Waals surface area contributed by atoms with Crippen molar-refractivity contribution in [1.82, 2.24) is 4.90 Å². The van der Waals surface area contributed by atoms with E-state index in [4.69, 9.17) is 21.1 Å². The summed E-state index contributed by atoms with van der Waals surface area (Å²) in [6.45, 7) is 0.680. The molecule has 20 heavy (non-hydrogen) atoms. The van der Waals surface area contributed by atoms with Crippen molar-refractivity contribution in [2.75, 3.05) is 33.9 Å². The lowest BCUT2D eigenvalue weighted by molar-refractivity contribution is -0.132. The predicted molar refractivity (Wildman–Crippen MR) is 77.1 cm³/mol. The topological polar surface area (TPSA) is 59.0 Å². The first-order valence-corrected chi connectivity index (χ1v) is 6.70. The van der Waals surface area contributed by atoms with Gasteiger partial charge in [0.15, 0.2) is 0 Å². The number of hydrogen-bond donors (Lipinski definition) is 1. The second-order valence-electron chi connectivity index (χ2n) is 4.41. The zero-order chi connectivity index (χ0) is 15.0. The van der Waals surface area contributed by atoms with Gasteiger partial charge in [0.05, 0.1) is 30.8 Å². The SMILES string of the molecule is COCC(O)CN(C)C(=O)CCOc1ccccc1Cl. The number of nitrogens with zero attached hydrogens (tertiary/aromatic N) is 1. The van der Waals surface area contributed by atoms with Crippen molar-refractivity contribution in [2.45, 2.75) is 12.5 Å². The number of aliphatic hydroxyl groups excluding tert-OH is 1. The molecule has 0 heterocycles. The molecule has 0 aliphatic rings. The molecule has 1 N–H and O–H groups in total. The first-order valence-electron chi connectivity index (χ1n) is 6.33. The number of hydrogen-bond acceptors (Lipinski definition) is 4. The molecule has 0 fully saturated rings. The van der Waals surface area contributed by atoms with Crippen molar-refractivity contribution >= 4 is 17.5 Å². The van der Waals surface area contributed by atoms with E-state index in [1.54, 1.807) is 19.2 Å². The first kappa shape index (κ1) is 16.8. The third-order valence-corrected chi connectivity index (χ3v) is 2.99. The summed E-state index contributed by atoms with van der Waals surface area (Å²) in [6.07, 6.45) is -0.458. The van der Waals surface area contributed by atoms with Crippen LogP contribution in [0.4, 0.5) is 0 Å². The minimum absolute atomic E-state index is 0.104. The molecule has 5 nitrogen and oxygen atoms in total. The number of benzene rings is 1. The largest absolute Gasteiger partial charge is 0.491 e. The van der Waals surface area contributed by atoms with E-state index in [-0.39, 0.29) is 32.1 Å². The Hall–Kier alpha value is -1.30. The van der Waals surface area contributed by atoms with Gasteiger partial charge < -0.3 is 19.5 Å². The van der Waals surface area contributed by atoms with Gasteiger partial charge in [-0.15, -0.1) is 0 Å². The molecule has 112 valence electrons. The smallest absolute Gasteiger partial charge is 0.225 e. The van der Waals surface area contributed by atoms with E-state index in [0.717, 1.165) is 0 Å². The summed E-state index contributed by atoms with van der Waals surface area (Å²) >= 11 is 5.94. The summed E-state index contributed by atoms with van der Waals surface area (Å²) in [7, 11) is 3.14. The Balaban J connectivity index is 2.31. The average molecular weight is 302 g/mol. The van der Waals surface area contributed by atoms with Crippen LogP contribution in [0.3, 0.4) is 0 Å². The maximum Gasteiger partial charge on any atom is 0.225 e. The van der Waals surface area contributed by atoms with Crippen molar-refractivity contribution in [3.63, 3.8) is 0 Å². The number of amides is 1. The van der Waals surface area contributed by atoms with Gasteiger partial charge in [-0.2, -0.15) is 0 Å². The van der Waals surface area contributed by atoms with Crippen LogP contribution in [0.5, 0.6) is 5.75 Å². The van der Waals surface area contributed by atoms with Gasteiger partial charge in [0.2, 0.25) is 5.91 Å². The average Bonchev–Trinajstić information content (AvgIpc) is 2.41. The maximum absolute atomic E-state index is 11.8. The summed E-state index contributed by atoms with van der Waals surface area (Å²) in [6, 6.07) is 7.10. The number of halogens is 1. The molecule has 6 heteroatoms. The van der Waals surface area contributed by atoms with E-state index in [0.29, 0.717) is 10.8 Å². The predicted octanol–water partition coefficient (Wildman–Crippen LogP) is 1.57. The molecule has 0 radical (unpaired) electrons. The molecule has 1 aromatic rings. The molecule has 0 bridgehead atoms. The minimum atomic E-state index is -0.682. The molecule has 1 rings (SSSR count). The van der Waals surface area contributed by atoms with Gasteiger partial charge in [0.1, 0.15) is 5.75 Å². The highest BCUT2D eigenvalue weighted by Crippen LogP contribution is 2.23. The Morgan fingerprint density at radius 2 is 2.15 bits per heavy atom. The molecule has 1 aromatic carbocycles. The Morgan fingerprint density at radius 3 is 2.80 bits per heavy atom. The third-order valence-electron chi connectivity index (χ3n) is 2.68. The van der Waals surface area contributed by atoms with Crippen LogP contribution in [-0.2, 0) is 9.53 Å². The van der Waals surface area contributed by atoms with Crippen molar-refractivity contribution < 1.29 is 19.4 Å². The number of methoxy groups -OCH3 is 1. The Labute approximate surface area is 124 Å². The maximum atomic E-state index is 11.8. The van der Waals surface area contributed by atoms with Gasteiger partial charge in [-0.25, -0.2) is 0 Å². The van der Waals surface area contributed by atoms with E-state index in [1.807, 2.05) is 12.1 Å². The summed E-state index contributed by atoms with van der Waals surface area (Å²) in [5, 5.41) is 10.1. The lowest BCUT2D eigenvalue weighted by Gasteiger charge is -2.20.